The normalized spacial score (nSPS) is 11.5. The number of hydrogen-bond donors (Lipinski definition) is 0. The molecular weight excluding hydrogens is 479 g/mol. The molecule has 0 spiro atoms. The average Bonchev–Trinajstić information content (AvgIpc) is 3.12. The second-order valence-electron chi connectivity index (χ2n) is 5.71. The van der Waals surface area contributed by atoms with Crippen molar-refractivity contribution in [2.75, 3.05) is 6.61 Å². The molecule has 0 N–H and O–H groups in total. The van der Waals surface area contributed by atoms with Crippen LogP contribution in [0.2, 0.25) is 5.02 Å². The maximum atomic E-state index is 13.6. The van der Waals surface area contributed by atoms with Gasteiger partial charge >= 0.3 is 12.1 Å². The lowest BCUT2D eigenvalue weighted by Crippen LogP contribution is -2.19. The van der Waals surface area contributed by atoms with Crippen LogP contribution in [0.4, 0.5) is 13.2 Å². The number of carbonyl (C=O) groups excluding carboxylic acids is 1. The van der Waals surface area contributed by atoms with E-state index in [9.17, 15) is 22.8 Å². The van der Waals surface area contributed by atoms with Crippen LogP contribution in [0.5, 0.6) is 0 Å². The summed E-state index contributed by atoms with van der Waals surface area (Å²) in [6.07, 6.45) is -2.58. The summed E-state index contributed by atoms with van der Waals surface area (Å²) < 4.78 is 47.5. The molecule has 1 aromatic carbocycles. The van der Waals surface area contributed by atoms with E-state index in [1.807, 2.05) is 0 Å². The van der Waals surface area contributed by atoms with E-state index in [4.69, 9.17) is 11.6 Å². The topological polar surface area (TPSA) is 66.1 Å². The van der Waals surface area contributed by atoms with Crippen LogP contribution in [-0.2, 0) is 10.9 Å². The molecule has 6 nitrogen and oxygen atoms in total. The predicted octanol–water partition coefficient (Wildman–Crippen LogP) is 4.63. The Hall–Kier alpha value is -2.59. The molecule has 0 radical (unpaired) electrons. The molecule has 0 fully saturated rings. The monoisotopic (exact) mass is 489 g/mol. The van der Waals surface area contributed by atoms with Gasteiger partial charge in [0, 0.05) is 11.9 Å². The Labute approximate surface area is 175 Å². The molecule has 0 aliphatic carbocycles. The number of nitrogens with zero attached hydrogens (tertiary/aromatic N) is 3. The molecule has 152 valence electrons. The van der Waals surface area contributed by atoms with Gasteiger partial charge in [-0.1, -0.05) is 11.6 Å². The number of ether oxygens (including phenoxy) is 1. The standard InChI is InChI=1S/C18H12BrClF3N3O3/c1-2-29-17(28)12-9-24-26(15(12)18(21,22)23)11-5-3-10(4-6-11)25-8-7-13(20)14(19)16(25)27/h3-9H,2H2,1H3. The van der Waals surface area contributed by atoms with Crippen molar-refractivity contribution in [2.45, 2.75) is 13.1 Å². The van der Waals surface area contributed by atoms with Crippen molar-refractivity contribution in [1.29, 1.82) is 0 Å². The van der Waals surface area contributed by atoms with Crippen LogP contribution in [-0.4, -0.2) is 26.9 Å². The van der Waals surface area contributed by atoms with Crippen molar-refractivity contribution >= 4 is 33.5 Å². The molecule has 0 unspecified atom stereocenters. The third kappa shape index (κ3) is 4.08. The fourth-order valence-corrected chi connectivity index (χ4v) is 3.08. The molecule has 0 atom stereocenters. The number of alkyl halides is 3. The Kier molecular flexibility index (Phi) is 5.85. The summed E-state index contributed by atoms with van der Waals surface area (Å²) in [5.74, 6) is -1.11. The van der Waals surface area contributed by atoms with Gasteiger partial charge in [0.1, 0.15) is 10.0 Å². The summed E-state index contributed by atoms with van der Waals surface area (Å²) in [6, 6.07) is 7.09. The van der Waals surface area contributed by atoms with Gasteiger partial charge in [-0.25, -0.2) is 9.48 Å². The zero-order chi connectivity index (χ0) is 21.3. The lowest BCUT2D eigenvalue weighted by atomic mass is 10.2. The number of carbonyl (C=O) groups is 1. The van der Waals surface area contributed by atoms with Gasteiger partial charge in [0.2, 0.25) is 0 Å². The van der Waals surface area contributed by atoms with Crippen LogP contribution in [0.25, 0.3) is 11.4 Å². The van der Waals surface area contributed by atoms with Crippen LogP contribution < -0.4 is 5.56 Å². The van der Waals surface area contributed by atoms with Crippen molar-refractivity contribution in [3.8, 4) is 11.4 Å². The number of hydrogen-bond acceptors (Lipinski definition) is 4. The summed E-state index contributed by atoms with van der Waals surface area (Å²) in [7, 11) is 0. The maximum Gasteiger partial charge on any atom is 0.434 e. The molecule has 0 aliphatic rings. The van der Waals surface area contributed by atoms with Crippen molar-refractivity contribution in [3.63, 3.8) is 0 Å². The van der Waals surface area contributed by atoms with Crippen LogP contribution in [0.15, 0.2) is 52.0 Å². The average molecular weight is 491 g/mol. The fraction of sp³-hybridized carbons (Fsp3) is 0.167. The molecule has 0 saturated carbocycles. The molecule has 3 aromatic rings. The highest BCUT2D eigenvalue weighted by Crippen LogP contribution is 2.34. The van der Waals surface area contributed by atoms with E-state index in [1.54, 1.807) is 0 Å². The Morgan fingerprint density at radius 1 is 1.21 bits per heavy atom. The van der Waals surface area contributed by atoms with E-state index in [0.29, 0.717) is 10.4 Å². The summed E-state index contributed by atoms with van der Waals surface area (Å²) in [5, 5.41) is 3.94. The molecule has 11 heteroatoms. The molecule has 2 aromatic heterocycles. The van der Waals surface area contributed by atoms with Gasteiger partial charge in [0.05, 0.1) is 23.5 Å². The first-order valence-corrected chi connectivity index (χ1v) is 9.32. The molecule has 0 bridgehead atoms. The first kappa shape index (κ1) is 21.1. The van der Waals surface area contributed by atoms with Crippen LogP contribution in [0.3, 0.4) is 0 Å². The lowest BCUT2D eigenvalue weighted by molar-refractivity contribution is -0.143. The lowest BCUT2D eigenvalue weighted by Gasteiger charge is -2.13. The van der Waals surface area contributed by atoms with Crippen molar-refractivity contribution in [2.24, 2.45) is 0 Å². The van der Waals surface area contributed by atoms with E-state index in [0.717, 1.165) is 6.20 Å². The summed E-state index contributed by atoms with van der Waals surface area (Å²) in [4.78, 5) is 24.1. The maximum absolute atomic E-state index is 13.6. The highest BCUT2D eigenvalue weighted by atomic mass is 79.9. The molecule has 3 rings (SSSR count). The Morgan fingerprint density at radius 3 is 2.41 bits per heavy atom. The Morgan fingerprint density at radius 2 is 1.83 bits per heavy atom. The minimum Gasteiger partial charge on any atom is -0.462 e. The van der Waals surface area contributed by atoms with Gasteiger partial charge in [0.15, 0.2) is 5.69 Å². The molecule has 2 heterocycles. The van der Waals surface area contributed by atoms with E-state index < -0.39 is 29.0 Å². The number of esters is 1. The highest BCUT2D eigenvalue weighted by molar-refractivity contribution is 9.10. The zero-order valence-electron chi connectivity index (χ0n) is 14.7. The van der Waals surface area contributed by atoms with Crippen LogP contribution in [0, 0.1) is 0 Å². The number of benzene rings is 1. The van der Waals surface area contributed by atoms with E-state index in [2.05, 4.69) is 25.8 Å². The molecule has 29 heavy (non-hydrogen) atoms. The quantitative estimate of drug-likeness (QED) is 0.500. The van der Waals surface area contributed by atoms with Crippen LogP contribution in [0.1, 0.15) is 23.0 Å². The largest absolute Gasteiger partial charge is 0.462 e. The van der Waals surface area contributed by atoms with E-state index in [1.165, 1.54) is 48.0 Å². The van der Waals surface area contributed by atoms with E-state index >= 15 is 0 Å². The molecule has 0 amide bonds. The molecule has 0 saturated heterocycles. The number of pyridine rings is 1. The summed E-state index contributed by atoms with van der Waals surface area (Å²) >= 11 is 8.96. The third-order valence-corrected chi connectivity index (χ3v) is 5.20. The van der Waals surface area contributed by atoms with Gasteiger partial charge in [-0.05, 0) is 53.2 Å². The minimum absolute atomic E-state index is 0.0534. The predicted molar refractivity (Wildman–Crippen MR) is 103 cm³/mol. The second-order valence-corrected chi connectivity index (χ2v) is 6.91. The van der Waals surface area contributed by atoms with Gasteiger partial charge in [-0.3, -0.25) is 9.36 Å². The highest BCUT2D eigenvalue weighted by Gasteiger charge is 2.41. The minimum atomic E-state index is -4.84. The second kappa shape index (κ2) is 8.03. The van der Waals surface area contributed by atoms with Crippen molar-refractivity contribution < 1.29 is 22.7 Å². The number of aromatic nitrogens is 3. The number of rotatable bonds is 4. The number of halogens is 5. The van der Waals surface area contributed by atoms with Gasteiger partial charge < -0.3 is 4.74 Å². The van der Waals surface area contributed by atoms with Gasteiger partial charge in [0.25, 0.3) is 5.56 Å². The van der Waals surface area contributed by atoms with Gasteiger partial charge in [-0.2, -0.15) is 18.3 Å². The Bertz CT molecular complexity index is 1120. The first-order valence-electron chi connectivity index (χ1n) is 8.15. The first-order chi connectivity index (χ1) is 13.6. The molecular formula is C18H12BrClF3N3O3. The van der Waals surface area contributed by atoms with Gasteiger partial charge in [-0.15, -0.1) is 0 Å². The third-order valence-electron chi connectivity index (χ3n) is 3.89. The molecule has 0 aliphatic heterocycles. The zero-order valence-corrected chi connectivity index (χ0v) is 17.0. The summed E-state index contributed by atoms with van der Waals surface area (Å²) in [5.41, 5.74) is -1.89. The fourth-order valence-electron chi connectivity index (χ4n) is 2.62. The Balaban J connectivity index is 2.06. The van der Waals surface area contributed by atoms with Crippen molar-refractivity contribution in [3.05, 3.63) is 73.8 Å². The summed E-state index contributed by atoms with van der Waals surface area (Å²) in [6.45, 7) is 1.42. The van der Waals surface area contributed by atoms with Crippen LogP contribution >= 0.6 is 27.5 Å². The van der Waals surface area contributed by atoms with Crippen molar-refractivity contribution in [1.82, 2.24) is 14.3 Å². The van der Waals surface area contributed by atoms with E-state index in [-0.39, 0.29) is 21.8 Å². The SMILES string of the molecule is CCOC(=O)c1cnn(-c2ccc(-n3ccc(Cl)c(Br)c3=O)cc2)c1C(F)(F)F. The smallest absolute Gasteiger partial charge is 0.434 e.